The molecule has 0 saturated heterocycles. The maximum Gasteiger partial charge on any atom is 0.321 e. The Bertz CT molecular complexity index is 783. The van der Waals surface area contributed by atoms with Crippen molar-refractivity contribution in [1.29, 1.82) is 0 Å². The number of aryl methyl sites for hydroxylation is 1. The second-order valence-corrected chi connectivity index (χ2v) is 5.90. The number of benzene rings is 2. The third-order valence-electron chi connectivity index (χ3n) is 3.17. The van der Waals surface area contributed by atoms with Crippen molar-refractivity contribution in [3.8, 4) is 0 Å². The molecule has 1 unspecified atom stereocenters. The molecule has 0 saturated carbocycles. The summed E-state index contributed by atoms with van der Waals surface area (Å²) in [5.41, 5.74) is 3.67. The van der Waals surface area contributed by atoms with E-state index in [2.05, 4.69) is 9.97 Å². The Morgan fingerprint density at radius 1 is 1.24 bits per heavy atom. The molecule has 2 N–H and O–H groups in total. The number of imidazole rings is 1. The molecule has 0 fully saturated rings. The maximum absolute atomic E-state index is 11.5. The lowest BCUT2D eigenvalue weighted by atomic mass is 10.1. The molecular weight excluding hydrogens is 284 g/mol. The minimum atomic E-state index is -0.872. The molecule has 4 nitrogen and oxygen atoms in total. The number of aliphatic carboxylic acids is 1. The molecule has 0 aliphatic rings. The SMILES string of the molecule is Cc1ccc2nc(SC(C(=O)O)c3ccccc3)[nH]c2c1. The van der Waals surface area contributed by atoms with Crippen molar-refractivity contribution in [2.24, 2.45) is 0 Å². The van der Waals surface area contributed by atoms with Gasteiger partial charge in [0.15, 0.2) is 5.16 Å². The molecule has 3 rings (SSSR count). The number of rotatable bonds is 4. The van der Waals surface area contributed by atoms with E-state index >= 15 is 0 Å². The molecular formula is C16H14N2O2S. The van der Waals surface area contributed by atoms with Crippen LogP contribution in [-0.2, 0) is 4.79 Å². The molecule has 1 atom stereocenters. The van der Waals surface area contributed by atoms with E-state index in [-0.39, 0.29) is 0 Å². The highest BCUT2D eigenvalue weighted by molar-refractivity contribution is 8.00. The number of aromatic amines is 1. The normalized spacial score (nSPS) is 12.4. The standard InChI is InChI=1S/C16H14N2O2S/c1-10-7-8-12-13(9-10)18-16(17-12)21-14(15(19)20)11-5-3-2-4-6-11/h2-9,14H,1H3,(H,17,18)(H,19,20). The lowest BCUT2D eigenvalue weighted by molar-refractivity contribution is -0.136. The molecule has 106 valence electrons. The maximum atomic E-state index is 11.5. The van der Waals surface area contributed by atoms with Gasteiger partial charge in [-0.1, -0.05) is 48.2 Å². The van der Waals surface area contributed by atoms with E-state index in [1.165, 1.54) is 11.8 Å². The van der Waals surface area contributed by atoms with Gasteiger partial charge in [-0.05, 0) is 30.2 Å². The Morgan fingerprint density at radius 2 is 2.00 bits per heavy atom. The molecule has 1 aromatic heterocycles. The van der Waals surface area contributed by atoms with Gasteiger partial charge in [0.1, 0.15) is 5.25 Å². The second-order valence-electron chi connectivity index (χ2n) is 4.81. The first-order valence-electron chi connectivity index (χ1n) is 6.54. The summed E-state index contributed by atoms with van der Waals surface area (Å²) in [5.74, 6) is -0.872. The first kappa shape index (κ1) is 13.7. The molecule has 0 bridgehead atoms. The number of fused-ring (bicyclic) bond motifs is 1. The highest BCUT2D eigenvalue weighted by atomic mass is 32.2. The van der Waals surface area contributed by atoms with Gasteiger partial charge in [-0.25, -0.2) is 4.98 Å². The molecule has 0 aliphatic carbocycles. The Balaban J connectivity index is 1.93. The van der Waals surface area contributed by atoms with Crippen LogP contribution in [0, 0.1) is 6.92 Å². The molecule has 1 heterocycles. The Kier molecular flexibility index (Phi) is 3.66. The largest absolute Gasteiger partial charge is 0.480 e. The topological polar surface area (TPSA) is 66.0 Å². The summed E-state index contributed by atoms with van der Waals surface area (Å²) in [5, 5.41) is 9.39. The molecule has 3 aromatic rings. The Morgan fingerprint density at radius 3 is 2.71 bits per heavy atom. The lowest BCUT2D eigenvalue weighted by Crippen LogP contribution is -2.08. The third kappa shape index (κ3) is 2.92. The van der Waals surface area contributed by atoms with Crippen LogP contribution in [0.25, 0.3) is 11.0 Å². The fraction of sp³-hybridized carbons (Fsp3) is 0.125. The van der Waals surface area contributed by atoms with Crippen LogP contribution in [-0.4, -0.2) is 21.0 Å². The van der Waals surface area contributed by atoms with Crippen LogP contribution in [0.3, 0.4) is 0 Å². The van der Waals surface area contributed by atoms with Crippen molar-refractivity contribution >= 4 is 28.8 Å². The summed E-state index contributed by atoms with van der Waals surface area (Å²) in [4.78, 5) is 19.1. The Labute approximate surface area is 126 Å². The predicted molar refractivity (Wildman–Crippen MR) is 83.5 cm³/mol. The van der Waals surface area contributed by atoms with Crippen molar-refractivity contribution in [2.45, 2.75) is 17.3 Å². The zero-order valence-corrected chi connectivity index (χ0v) is 12.2. The summed E-state index contributed by atoms with van der Waals surface area (Å²) in [7, 11) is 0. The molecule has 5 heteroatoms. The fourth-order valence-electron chi connectivity index (χ4n) is 2.16. The second kappa shape index (κ2) is 5.61. The number of nitrogens with zero attached hydrogens (tertiary/aromatic N) is 1. The van der Waals surface area contributed by atoms with Crippen LogP contribution < -0.4 is 0 Å². The molecule has 0 radical (unpaired) electrons. The first-order valence-corrected chi connectivity index (χ1v) is 7.42. The fourth-order valence-corrected chi connectivity index (χ4v) is 3.09. The van der Waals surface area contributed by atoms with E-state index in [1.807, 2.05) is 55.5 Å². The molecule has 2 aromatic carbocycles. The summed E-state index contributed by atoms with van der Waals surface area (Å²) in [6, 6.07) is 15.1. The first-order chi connectivity index (χ1) is 10.1. The minimum Gasteiger partial charge on any atom is -0.480 e. The van der Waals surface area contributed by atoms with Crippen molar-refractivity contribution in [3.63, 3.8) is 0 Å². The number of hydrogen-bond acceptors (Lipinski definition) is 3. The van der Waals surface area contributed by atoms with Crippen molar-refractivity contribution < 1.29 is 9.90 Å². The van der Waals surface area contributed by atoms with Gasteiger partial charge in [-0.2, -0.15) is 0 Å². The van der Waals surface area contributed by atoms with Crippen LogP contribution in [0.1, 0.15) is 16.4 Å². The molecule has 0 aliphatic heterocycles. The van der Waals surface area contributed by atoms with Crippen LogP contribution in [0.15, 0.2) is 53.7 Å². The van der Waals surface area contributed by atoms with Gasteiger partial charge in [0.05, 0.1) is 11.0 Å². The van der Waals surface area contributed by atoms with E-state index in [0.717, 1.165) is 22.2 Å². The smallest absolute Gasteiger partial charge is 0.321 e. The molecule has 0 amide bonds. The minimum absolute atomic E-state index is 0.617. The van der Waals surface area contributed by atoms with E-state index in [1.54, 1.807) is 0 Å². The summed E-state index contributed by atoms with van der Waals surface area (Å²) >= 11 is 1.22. The van der Waals surface area contributed by atoms with Crippen LogP contribution in [0.2, 0.25) is 0 Å². The zero-order chi connectivity index (χ0) is 14.8. The van der Waals surface area contributed by atoms with E-state index in [4.69, 9.17) is 0 Å². The monoisotopic (exact) mass is 298 g/mol. The summed E-state index contributed by atoms with van der Waals surface area (Å²) in [6.07, 6.45) is 0. The van der Waals surface area contributed by atoms with Gasteiger partial charge >= 0.3 is 5.97 Å². The zero-order valence-electron chi connectivity index (χ0n) is 11.4. The number of aromatic nitrogens is 2. The van der Waals surface area contributed by atoms with Crippen LogP contribution in [0.4, 0.5) is 0 Å². The Hall–Kier alpha value is -2.27. The predicted octanol–water partition coefficient (Wildman–Crippen LogP) is 3.79. The van der Waals surface area contributed by atoms with Gasteiger partial charge in [-0.15, -0.1) is 0 Å². The van der Waals surface area contributed by atoms with E-state index < -0.39 is 11.2 Å². The number of carboxylic acids is 1. The van der Waals surface area contributed by atoms with Crippen molar-refractivity contribution in [1.82, 2.24) is 9.97 Å². The van der Waals surface area contributed by atoms with Crippen molar-refractivity contribution in [3.05, 3.63) is 59.7 Å². The number of H-pyrrole nitrogens is 1. The van der Waals surface area contributed by atoms with Gasteiger partial charge in [0.25, 0.3) is 0 Å². The van der Waals surface area contributed by atoms with E-state index in [0.29, 0.717) is 5.16 Å². The number of thioether (sulfide) groups is 1. The number of nitrogens with one attached hydrogen (secondary N) is 1. The van der Waals surface area contributed by atoms with Crippen LogP contribution in [0.5, 0.6) is 0 Å². The molecule has 0 spiro atoms. The van der Waals surface area contributed by atoms with Crippen molar-refractivity contribution in [2.75, 3.05) is 0 Å². The summed E-state index contributed by atoms with van der Waals surface area (Å²) in [6.45, 7) is 2.01. The average Bonchev–Trinajstić information content (AvgIpc) is 2.87. The van der Waals surface area contributed by atoms with Gasteiger partial charge in [0, 0.05) is 0 Å². The summed E-state index contributed by atoms with van der Waals surface area (Å²) < 4.78 is 0. The number of carbonyl (C=O) groups is 1. The average molecular weight is 298 g/mol. The highest BCUT2D eigenvalue weighted by Gasteiger charge is 2.22. The number of hydrogen-bond donors (Lipinski definition) is 2. The van der Waals surface area contributed by atoms with Gasteiger partial charge in [-0.3, -0.25) is 4.79 Å². The quantitative estimate of drug-likeness (QED) is 0.719. The third-order valence-corrected chi connectivity index (χ3v) is 4.30. The highest BCUT2D eigenvalue weighted by Crippen LogP contribution is 2.34. The lowest BCUT2D eigenvalue weighted by Gasteiger charge is -2.10. The van der Waals surface area contributed by atoms with E-state index in [9.17, 15) is 9.90 Å². The van der Waals surface area contributed by atoms with Gasteiger partial charge < -0.3 is 10.1 Å². The molecule has 21 heavy (non-hydrogen) atoms. The number of carboxylic acid groups (broad SMARTS) is 1. The van der Waals surface area contributed by atoms with Gasteiger partial charge in [0.2, 0.25) is 0 Å². The van der Waals surface area contributed by atoms with Crippen LogP contribution >= 0.6 is 11.8 Å².